The summed E-state index contributed by atoms with van der Waals surface area (Å²) in [6.07, 6.45) is 1.16. The number of hydrogen-bond donors (Lipinski definition) is 1. The molecule has 0 aliphatic rings. The van der Waals surface area contributed by atoms with Crippen LogP contribution in [0, 0.1) is 11.7 Å². The highest BCUT2D eigenvalue weighted by atomic mass is 19.1. The smallest absolute Gasteiger partial charge is 0.123 e. The average molecular weight is 209 g/mol. The van der Waals surface area contributed by atoms with E-state index >= 15 is 0 Å². The molecular formula is C13H20FN. The Balaban J connectivity index is 2.43. The summed E-state index contributed by atoms with van der Waals surface area (Å²) in [5.41, 5.74) is 1.00. The van der Waals surface area contributed by atoms with Gasteiger partial charge < -0.3 is 5.32 Å². The Morgan fingerprint density at radius 3 is 2.67 bits per heavy atom. The molecule has 15 heavy (non-hydrogen) atoms. The fourth-order valence-corrected chi connectivity index (χ4v) is 1.48. The molecule has 1 nitrogen and oxygen atoms in total. The van der Waals surface area contributed by atoms with E-state index in [4.69, 9.17) is 0 Å². The molecule has 0 saturated carbocycles. The lowest BCUT2D eigenvalue weighted by molar-refractivity contribution is 0.389. The first kappa shape index (κ1) is 12.2. The van der Waals surface area contributed by atoms with E-state index in [1.807, 2.05) is 6.07 Å². The normalized spacial score (nSPS) is 14.9. The minimum atomic E-state index is -0.162. The van der Waals surface area contributed by atoms with Gasteiger partial charge in [-0.25, -0.2) is 4.39 Å². The molecule has 0 amide bonds. The summed E-state index contributed by atoms with van der Waals surface area (Å²) in [4.78, 5) is 0. The van der Waals surface area contributed by atoms with Crippen LogP contribution >= 0.6 is 0 Å². The summed E-state index contributed by atoms with van der Waals surface area (Å²) in [6.45, 7) is 7.32. The van der Waals surface area contributed by atoms with Gasteiger partial charge in [0.2, 0.25) is 0 Å². The maximum atomic E-state index is 12.9. The number of halogens is 1. The third-order valence-corrected chi connectivity index (χ3v) is 3.01. The third-order valence-electron chi connectivity index (χ3n) is 3.01. The van der Waals surface area contributed by atoms with Crippen molar-refractivity contribution < 1.29 is 4.39 Å². The zero-order valence-corrected chi connectivity index (χ0v) is 9.76. The van der Waals surface area contributed by atoms with Crippen LogP contribution in [0.2, 0.25) is 0 Å². The van der Waals surface area contributed by atoms with Crippen LogP contribution in [0.1, 0.15) is 32.8 Å². The topological polar surface area (TPSA) is 12.0 Å². The van der Waals surface area contributed by atoms with Crippen molar-refractivity contribution in [3.8, 4) is 0 Å². The Morgan fingerprint density at radius 2 is 2.07 bits per heavy atom. The van der Waals surface area contributed by atoms with E-state index in [0.29, 0.717) is 12.0 Å². The van der Waals surface area contributed by atoms with E-state index in [1.54, 1.807) is 12.1 Å². The van der Waals surface area contributed by atoms with Gasteiger partial charge in [0, 0.05) is 12.6 Å². The first-order chi connectivity index (χ1) is 7.13. The number of hydrogen-bond acceptors (Lipinski definition) is 1. The standard InChI is InChI=1S/C13H20FN/c1-4-10(2)11(3)15-9-12-6-5-7-13(14)8-12/h5-8,10-11,15H,4,9H2,1-3H3/t10-,11+/m0/s1. The van der Waals surface area contributed by atoms with Gasteiger partial charge in [-0.05, 0) is 30.5 Å². The van der Waals surface area contributed by atoms with E-state index in [2.05, 4.69) is 26.1 Å². The fraction of sp³-hybridized carbons (Fsp3) is 0.538. The van der Waals surface area contributed by atoms with E-state index < -0.39 is 0 Å². The minimum Gasteiger partial charge on any atom is -0.310 e. The molecule has 0 saturated heterocycles. The van der Waals surface area contributed by atoms with Gasteiger partial charge in [0.15, 0.2) is 0 Å². The van der Waals surface area contributed by atoms with Crippen molar-refractivity contribution >= 4 is 0 Å². The Bertz CT molecular complexity index is 298. The van der Waals surface area contributed by atoms with Crippen molar-refractivity contribution in [2.24, 2.45) is 5.92 Å². The lowest BCUT2D eigenvalue weighted by Crippen LogP contribution is -2.31. The largest absolute Gasteiger partial charge is 0.310 e. The first-order valence-electron chi connectivity index (χ1n) is 5.61. The molecule has 1 aromatic rings. The maximum absolute atomic E-state index is 12.9. The second kappa shape index (κ2) is 5.86. The van der Waals surface area contributed by atoms with E-state index in [0.717, 1.165) is 18.5 Å². The fourth-order valence-electron chi connectivity index (χ4n) is 1.48. The first-order valence-corrected chi connectivity index (χ1v) is 5.61. The monoisotopic (exact) mass is 209 g/mol. The molecule has 0 unspecified atom stereocenters. The van der Waals surface area contributed by atoms with Crippen LogP contribution in [0.15, 0.2) is 24.3 Å². The Kier molecular flexibility index (Phi) is 4.76. The summed E-state index contributed by atoms with van der Waals surface area (Å²) in [5, 5.41) is 3.41. The van der Waals surface area contributed by atoms with Crippen LogP contribution in [0.3, 0.4) is 0 Å². The molecule has 2 heteroatoms. The number of nitrogens with one attached hydrogen (secondary N) is 1. The van der Waals surface area contributed by atoms with Crippen molar-refractivity contribution in [3.63, 3.8) is 0 Å². The molecule has 2 atom stereocenters. The van der Waals surface area contributed by atoms with Crippen molar-refractivity contribution in [2.75, 3.05) is 0 Å². The lowest BCUT2D eigenvalue weighted by Gasteiger charge is -2.19. The maximum Gasteiger partial charge on any atom is 0.123 e. The zero-order valence-electron chi connectivity index (χ0n) is 9.76. The Hall–Kier alpha value is -0.890. The highest BCUT2D eigenvalue weighted by molar-refractivity contribution is 5.16. The average Bonchev–Trinajstić information content (AvgIpc) is 2.25. The highest BCUT2D eigenvalue weighted by Gasteiger charge is 2.08. The van der Waals surface area contributed by atoms with E-state index in [-0.39, 0.29) is 5.82 Å². The van der Waals surface area contributed by atoms with Crippen LogP contribution in [0.4, 0.5) is 4.39 Å². The van der Waals surface area contributed by atoms with Crippen LogP contribution < -0.4 is 5.32 Å². The summed E-state index contributed by atoms with van der Waals surface area (Å²) in [7, 11) is 0. The molecule has 84 valence electrons. The van der Waals surface area contributed by atoms with Crippen molar-refractivity contribution in [1.29, 1.82) is 0 Å². The predicted octanol–water partition coefficient (Wildman–Crippen LogP) is 3.35. The van der Waals surface area contributed by atoms with Gasteiger partial charge in [-0.15, -0.1) is 0 Å². The van der Waals surface area contributed by atoms with Gasteiger partial charge >= 0.3 is 0 Å². The quantitative estimate of drug-likeness (QED) is 0.784. The van der Waals surface area contributed by atoms with Gasteiger partial charge in [-0.3, -0.25) is 0 Å². The van der Waals surface area contributed by atoms with Gasteiger partial charge in [-0.1, -0.05) is 32.4 Å². The molecule has 0 aliphatic carbocycles. The van der Waals surface area contributed by atoms with Gasteiger partial charge in [-0.2, -0.15) is 0 Å². The van der Waals surface area contributed by atoms with Crippen molar-refractivity contribution in [2.45, 2.75) is 39.8 Å². The van der Waals surface area contributed by atoms with Crippen LogP contribution in [-0.2, 0) is 6.54 Å². The molecule has 0 spiro atoms. The Morgan fingerprint density at radius 1 is 1.33 bits per heavy atom. The summed E-state index contributed by atoms with van der Waals surface area (Å²) in [6, 6.07) is 7.22. The molecule has 0 radical (unpaired) electrons. The van der Waals surface area contributed by atoms with Gasteiger partial charge in [0.05, 0.1) is 0 Å². The summed E-state index contributed by atoms with van der Waals surface area (Å²) < 4.78 is 12.9. The minimum absolute atomic E-state index is 0.162. The Labute approximate surface area is 91.7 Å². The van der Waals surface area contributed by atoms with Crippen LogP contribution in [0.25, 0.3) is 0 Å². The third kappa shape index (κ3) is 4.00. The van der Waals surface area contributed by atoms with Gasteiger partial charge in [0.1, 0.15) is 5.82 Å². The molecule has 0 heterocycles. The number of benzene rings is 1. The molecule has 1 rings (SSSR count). The summed E-state index contributed by atoms with van der Waals surface area (Å²) >= 11 is 0. The number of rotatable bonds is 5. The highest BCUT2D eigenvalue weighted by Crippen LogP contribution is 2.08. The molecule has 1 N–H and O–H groups in total. The predicted molar refractivity (Wildman–Crippen MR) is 62.2 cm³/mol. The molecule has 0 aromatic heterocycles. The van der Waals surface area contributed by atoms with Crippen LogP contribution in [0.5, 0.6) is 0 Å². The second-order valence-corrected chi connectivity index (χ2v) is 4.19. The molecule has 0 aliphatic heterocycles. The van der Waals surface area contributed by atoms with Crippen LogP contribution in [-0.4, -0.2) is 6.04 Å². The second-order valence-electron chi connectivity index (χ2n) is 4.19. The summed E-state index contributed by atoms with van der Waals surface area (Å²) in [5.74, 6) is 0.490. The molecule has 0 bridgehead atoms. The van der Waals surface area contributed by atoms with E-state index in [9.17, 15) is 4.39 Å². The SMILES string of the molecule is CC[C@H](C)[C@@H](C)NCc1cccc(F)c1. The van der Waals surface area contributed by atoms with Crippen molar-refractivity contribution in [3.05, 3.63) is 35.6 Å². The molecule has 1 aromatic carbocycles. The molecular weight excluding hydrogens is 189 g/mol. The molecule has 0 fully saturated rings. The lowest BCUT2D eigenvalue weighted by atomic mass is 10.0. The van der Waals surface area contributed by atoms with Crippen molar-refractivity contribution in [1.82, 2.24) is 5.32 Å². The zero-order chi connectivity index (χ0) is 11.3. The van der Waals surface area contributed by atoms with Gasteiger partial charge in [0.25, 0.3) is 0 Å². The van der Waals surface area contributed by atoms with E-state index in [1.165, 1.54) is 6.07 Å².